The van der Waals surface area contributed by atoms with E-state index in [4.69, 9.17) is 9.67 Å². The number of halogens is 1. The largest absolute Gasteiger partial charge is 0 e. The van der Waals surface area contributed by atoms with Crippen molar-refractivity contribution >= 4 is 45.6 Å². The molecule has 289 valence electrons. The molecule has 1 N–H and O–H groups in total. The van der Waals surface area contributed by atoms with Gasteiger partial charge in [-0.05, 0) is 52.7 Å². The molecule has 0 aliphatic carbocycles. The van der Waals surface area contributed by atoms with E-state index < -0.39 is 19.2 Å². The van der Waals surface area contributed by atoms with Crippen LogP contribution in [0.25, 0.3) is 66.7 Å². The molecule has 0 aliphatic heterocycles. The van der Waals surface area contributed by atoms with Gasteiger partial charge in [-0.3, -0.25) is 4.79 Å². The summed E-state index contributed by atoms with van der Waals surface area (Å²) in [6.45, 7) is 4.30. The van der Waals surface area contributed by atoms with Gasteiger partial charge in [0.15, 0.2) is 0 Å². The maximum Gasteiger partial charge on any atom is 0 e. The van der Waals surface area contributed by atoms with Gasteiger partial charge in [-0.15, -0.1) is 12.1 Å². The third kappa shape index (κ3) is 9.32. The molecular formula is C48H41FGeIrN2O4-2. The Morgan fingerprint density at radius 2 is 1.60 bits per heavy atom. The van der Waals surface area contributed by atoms with Crippen LogP contribution in [0, 0.1) is 23.9 Å². The van der Waals surface area contributed by atoms with E-state index in [1.54, 1.807) is 18.3 Å². The number of hydrogen-bond acceptors (Lipinski definition) is 6. The molecule has 0 spiro atoms. The van der Waals surface area contributed by atoms with E-state index in [-0.39, 0.29) is 31.5 Å². The summed E-state index contributed by atoms with van der Waals surface area (Å²) in [6.07, 6.45) is 4.69. The predicted molar refractivity (Wildman–Crippen MR) is 225 cm³/mol. The summed E-state index contributed by atoms with van der Waals surface area (Å²) in [5, 5.41) is 10.2. The molecular weight excluding hydrogens is 952 g/mol. The first kappa shape index (κ1) is 41.4. The average molecular weight is 994 g/mol. The number of furan rings is 1. The molecule has 0 fully saturated rings. The molecule has 3 aromatic heterocycles. The monoisotopic (exact) mass is 995 g/mol. The zero-order valence-corrected chi connectivity index (χ0v) is 36.8. The Morgan fingerprint density at radius 3 is 2.28 bits per heavy atom. The molecule has 0 saturated heterocycles. The molecule has 1 radical (unpaired) electrons. The summed E-state index contributed by atoms with van der Waals surface area (Å²) < 4.78 is 21.3. The summed E-state index contributed by atoms with van der Waals surface area (Å²) in [6, 6.07) is 44.5. The molecule has 9 heteroatoms. The predicted octanol–water partition coefficient (Wildman–Crippen LogP) is 11.8. The van der Waals surface area contributed by atoms with Crippen LogP contribution in [0.1, 0.15) is 29.8 Å². The van der Waals surface area contributed by atoms with Crippen molar-refractivity contribution in [3.05, 3.63) is 163 Å². The summed E-state index contributed by atoms with van der Waals surface area (Å²) >= 11 is -1.79. The van der Waals surface area contributed by atoms with Crippen LogP contribution < -0.4 is 4.40 Å². The molecule has 57 heavy (non-hydrogen) atoms. The number of pyridine rings is 2. The van der Waals surface area contributed by atoms with Gasteiger partial charge in [0.25, 0.3) is 0 Å². The zero-order chi connectivity index (χ0) is 39.4. The number of fused-ring (bicyclic) bond motifs is 3. The summed E-state index contributed by atoms with van der Waals surface area (Å²) in [5.74, 6) is 6.39. The van der Waals surface area contributed by atoms with Gasteiger partial charge in [0.05, 0.1) is 5.58 Å². The molecule has 0 unspecified atom stereocenters. The van der Waals surface area contributed by atoms with Crippen molar-refractivity contribution in [3.63, 3.8) is 0 Å². The summed E-state index contributed by atoms with van der Waals surface area (Å²) in [7, 11) is 0. The van der Waals surface area contributed by atoms with E-state index in [1.165, 1.54) is 33.7 Å². The third-order valence-corrected chi connectivity index (χ3v) is 13.8. The molecule has 0 amide bonds. The van der Waals surface area contributed by atoms with Crippen molar-refractivity contribution in [3.8, 4) is 44.8 Å². The van der Waals surface area contributed by atoms with E-state index in [9.17, 15) is 9.18 Å². The van der Waals surface area contributed by atoms with Crippen LogP contribution in [0.3, 0.4) is 0 Å². The van der Waals surface area contributed by atoms with Crippen molar-refractivity contribution in [2.75, 3.05) is 0 Å². The van der Waals surface area contributed by atoms with E-state index >= 15 is 0 Å². The van der Waals surface area contributed by atoms with Crippen molar-refractivity contribution < 1.29 is 43.9 Å². The summed E-state index contributed by atoms with van der Waals surface area (Å²) in [5.41, 5.74) is 9.40. The zero-order valence-electron chi connectivity index (χ0n) is 32.3. The second-order valence-electron chi connectivity index (χ2n) is 15.1. The first-order valence-electron chi connectivity index (χ1n) is 18.5. The Kier molecular flexibility index (Phi) is 13.0. The minimum Gasteiger partial charge on any atom is 0 e. The number of aromatic nitrogens is 2. The van der Waals surface area contributed by atoms with Crippen LogP contribution in [0.15, 0.2) is 138 Å². The standard InChI is InChI=1S/C28H21FNO4.C20H20GeN.Ir/c1-16(2)14-17-12-13-30-24(15-17)21-10-11-23(28(31)34-32)25-22-5-3-4-20(26(22)33-27(21)25)18-6-8-19(29)9-7-18;1-21(2,3)19-12-13-20(22-15-19)18-11-7-10-17(14-18)16-8-5-4-6-9-16;/h3-9,11-13,15-16,32H,14H2,1-2H3;4-10,12-15H,1-3H3;/q2*-1;. The Labute approximate surface area is 348 Å². The second-order valence-corrected chi connectivity index (χ2v) is 25.8. The molecule has 0 atom stereocenters. The smallest absolute Gasteiger partial charge is 0 e. The van der Waals surface area contributed by atoms with E-state index in [0.717, 1.165) is 34.4 Å². The van der Waals surface area contributed by atoms with Crippen LogP contribution >= 0.6 is 0 Å². The number of carbonyl (C=O) groups excluding carboxylic acids is 1. The van der Waals surface area contributed by atoms with Gasteiger partial charge >= 0.3 is 141 Å². The third-order valence-electron chi connectivity index (χ3n) is 9.57. The van der Waals surface area contributed by atoms with Crippen LogP contribution in [0.5, 0.6) is 0 Å². The van der Waals surface area contributed by atoms with Crippen molar-refractivity contribution in [1.29, 1.82) is 0 Å². The van der Waals surface area contributed by atoms with Crippen molar-refractivity contribution in [2.45, 2.75) is 37.5 Å². The van der Waals surface area contributed by atoms with Gasteiger partial charge in [0, 0.05) is 37.3 Å². The maximum absolute atomic E-state index is 13.5. The Bertz CT molecular complexity index is 2640. The van der Waals surface area contributed by atoms with Crippen LogP contribution in [-0.4, -0.2) is 34.5 Å². The normalized spacial score (nSPS) is 11.2. The number of rotatable bonds is 8. The fraction of sp³-hybridized carbons (Fsp3) is 0.146. The van der Waals surface area contributed by atoms with Gasteiger partial charge < -0.3 is 14.3 Å². The Hall–Kier alpha value is -5.25. The fourth-order valence-electron chi connectivity index (χ4n) is 6.73. The number of nitrogens with zero attached hydrogens (tertiary/aromatic N) is 2. The number of benzene rings is 5. The molecule has 0 bridgehead atoms. The number of carbonyl (C=O) groups is 1. The molecule has 6 nitrogen and oxygen atoms in total. The number of para-hydroxylation sites is 1. The number of hydrogen-bond donors (Lipinski definition) is 1. The maximum atomic E-state index is 13.5. The Balaban J connectivity index is 0.000000207. The van der Waals surface area contributed by atoms with Gasteiger partial charge in [0.2, 0.25) is 0 Å². The summed E-state index contributed by atoms with van der Waals surface area (Å²) in [4.78, 5) is 25.6. The SMILES string of the molecule is CC(C)Cc1ccnc(-c2[c-]cc(C(=O)OO)c3c2oc2c(-c4ccc(F)cc4)cccc23)c1.[CH3][Ge]([CH3])([CH3])[c]1ccc(-c2[c-]ccc(-c3ccccc3)c2)nc1.[Ir]. The van der Waals surface area contributed by atoms with Crippen molar-refractivity contribution in [2.24, 2.45) is 5.92 Å². The quantitative estimate of drug-likeness (QED) is 0.0706. The minimum absolute atomic E-state index is 0. The van der Waals surface area contributed by atoms with E-state index in [1.807, 2.05) is 42.5 Å². The molecule has 0 aliphatic rings. The first-order valence-corrected chi connectivity index (χ1v) is 25.9. The van der Waals surface area contributed by atoms with E-state index in [0.29, 0.717) is 39.1 Å². The molecule has 8 rings (SSSR count). The molecule has 5 aromatic carbocycles. The molecule has 3 heterocycles. The van der Waals surface area contributed by atoms with E-state index in [2.05, 4.69) is 113 Å². The average Bonchev–Trinajstić information content (AvgIpc) is 3.61. The van der Waals surface area contributed by atoms with Gasteiger partial charge in [0.1, 0.15) is 11.4 Å². The second kappa shape index (κ2) is 17.9. The van der Waals surface area contributed by atoms with Crippen LogP contribution in [0.4, 0.5) is 4.39 Å². The van der Waals surface area contributed by atoms with Gasteiger partial charge in [-0.1, -0.05) is 61.4 Å². The van der Waals surface area contributed by atoms with Crippen LogP contribution in [-0.2, 0) is 31.4 Å². The van der Waals surface area contributed by atoms with Crippen molar-refractivity contribution in [1.82, 2.24) is 9.97 Å². The fourth-order valence-corrected chi connectivity index (χ4v) is 8.90. The molecule has 0 saturated carbocycles. The first-order chi connectivity index (χ1) is 27.0. The minimum atomic E-state index is -1.79. The topological polar surface area (TPSA) is 85.5 Å². The van der Waals surface area contributed by atoms with Crippen LogP contribution in [0.2, 0.25) is 17.3 Å². The molecule has 8 aromatic rings. The Morgan fingerprint density at radius 1 is 0.825 bits per heavy atom. The van der Waals surface area contributed by atoms with Gasteiger partial charge in [-0.25, -0.2) is 9.65 Å². The van der Waals surface area contributed by atoms with Gasteiger partial charge in [-0.2, -0.15) is 0 Å².